The molecule has 192 valence electrons. The molecule has 2 aromatic rings. The normalized spacial score (nSPS) is 18.1. The second kappa shape index (κ2) is 12.3. The summed E-state index contributed by atoms with van der Waals surface area (Å²) in [7, 11) is 0. The van der Waals surface area contributed by atoms with Gasteiger partial charge >= 0.3 is 6.18 Å². The number of rotatable bonds is 10. The van der Waals surface area contributed by atoms with E-state index in [1.165, 1.54) is 6.07 Å². The van der Waals surface area contributed by atoms with Gasteiger partial charge < -0.3 is 20.7 Å². The highest BCUT2D eigenvalue weighted by atomic mass is 35.5. The van der Waals surface area contributed by atoms with Crippen LogP contribution in [0.2, 0.25) is 5.02 Å². The molecular weight excluding hydrogens is 489 g/mol. The van der Waals surface area contributed by atoms with Crippen molar-refractivity contribution in [2.45, 2.75) is 44.0 Å². The van der Waals surface area contributed by atoms with Crippen LogP contribution in [0.3, 0.4) is 0 Å². The highest BCUT2D eigenvalue weighted by Crippen LogP contribution is 2.38. The smallest absolute Gasteiger partial charge is 0.383 e. The van der Waals surface area contributed by atoms with Gasteiger partial charge in [0, 0.05) is 35.5 Å². The Morgan fingerprint density at radius 3 is 2.31 bits per heavy atom. The molecule has 8 nitrogen and oxygen atoms in total. The van der Waals surface area contributed by atoms with Crippen LogP contribution in [0.25, 0.3) is 0 Å². The summed E-state index contributed by atoms with van der Waals surface area (Å²) in [5, 5.41) is 27.2. The number of hydrogen-bond donors (Lipinski definition) is 5. The van der Waals surface area contributed by atoms with E-state index in [0.717, 1.165) is 17.8 Å². The lowest BCUT2D eigenvalue weighted by molar-refractivity contribution is -0.138. The third kappa shape index (κ3) is 8.46. The van der Waals surface area contributed by atoms with Crippen LogP contribution in [0, 0.1) is 0 Å². The van der Waals surface area contributed by atoms with E-state index < -0.39 is 22.7 Å². The number of hydrogen-bond acceptors (Lipinski definition) is 7. The van der Waals surface area contributed by atoms with Crippen molar-refractivity contribution < 1.29 is 33.1 Å². The first-order valence-corrected chi connectivity index (χ1v) is 11.5. The Hall–Kier alpha value is -2.73. The van der Waals surface area contributed by atoms with E-state index in [9.17, 15) is 18.0 Å². The number of halogens is 4. The van der Waals surface area contributed by atoms with Gasteiger partial charge in [-0.2, -0.15) is 13.2 Å². The summed E-state index contributed by atoms with van der Waals surface area (Å²) >= 11 is 5.84. The first-order chi connectivity index (χ1) is 16.6. The summed E-state index contributed by atoms with van der Waals surface area (Å²) in [6.45, 7) is 0.930. The Morgan fingerprint density at radius 2 is 1.69 bits per heavy atom. The predicted octanol–water partition coefficient (Wildman–Crippen LogP) is 4.91. The van der Waals surface area contributed by atoms with Crippen molar-refractivity contribution >= 4 is 34.6 Å². The van der Waals surface area contributed by atoms with Crippen molar-refractivity contribution in [1.82, 2.24) is 5.32 Å². The van der Waals surface area contributed by atoms with E-state index in [0.29, 0.717) is 43.8 Å². The number of anilines is 3. The Balaban J connectivity index is 1.35. The van der Waals surface area contributed by atoms with Gasteiger partial charge in [0.2, 0.25) is 5.91 Å². The van der Waals surface area contributed by atoms with Gasteiger partial charge in [-0.05, 0) is 68.1 Å². The fraction of sp³-hybridized carbons (Fsp3) is 0.435. The Bertz CT molecular complexity index is 968. The van der Waals surface area contributed by atoms with Crippen molar-refractivity contribution in [3.8, 4) is 0 Å². The van der Waals surface area contributed by atoms with Crippen molar-refractivity contribution in [2.75, 3.05) is 35.6 Å². The minimum atomic E-state index is -4.74. The minimum Gasteiger partial charge on any atom is -0.383 e. The molecule has 1 aliphatic rings. The van der Waals surface area contributed by atoms with Crippen molar-refractivity contribution in [1.29, 1.82) is 0 Å². The van der Waals surface area contributed by atoms with Gasteiger partial charge in [0.25, 0.3) is 0 Å². The lowest BCUT2D eigenvalue weighted by Crippen LogP contribution is -2.35. The third-order valence-electron chi connectivity index (χ3n) is 5.63. The van der Waals surface area contributed by atoms with Gasteiger partial charge in [0.15, 0.2) is 0 Å². The quantitative estimate of drug-likeness (QED) is 0.226. The molecule has 1 aliphatic carbocycles. The summed E-state index contributed by atoms with van der Waals surface area (Å²) in [5.41, 5.74) is -0.767. The molecule has 0 unspecified atom stereocenters. The van der Waals surface area contributed by atoms with Crippen LogP contribution in [0.15, 0.2) is 42.5 Å². The largest absolute Gasteiger partial charge is 0.418 e. The molecule has 1 amide bonds. The molecule has 0 atom stereocenters. The van der Waals surface area contributed by atoms with E-state index in [2.05, 4.69) is 16.0 Å². The summed E-state index contributed by atoms with van der Waals surface area (Å²) in [6, 6.07) is 10.4. The summed E-state index contributed by atoms with van der Waals surface area (Å²) in [5.74, 6) is -0.218. The number of ether oxygens (including phenoxy) is 1. The molecule has 0 heterocycles. The number of nitrogens with one attached hydrogen (secondary N) is 3. The molecule has 5 N–H and O–H groups in total. The molecule has 2 aromatic carbocycles. The number of carbonyl (C=O) groups excluding carboxylic acids is 1. The summed E-state index contributed by atoms with van der Waals surface area (Å²) < 4.78 is 45.4. The van der Waals surface area contributed by atoms with Crippen LogP contribution < -0.4 is 21.2 Å². The van der Waals surface area contributed by atoms with Gasteiger partial charge in [-0.3, -0.25) is 15.2 Å². The van der Waals surface area contributed by atoms with E-state index in [1.54, 1.807) is 12.1 Å². The highest BCUT2D eigenvalue weighted by Gasteiger charge is 2.35. The number of amides is 1. The van der Waals surface area contributed by atoms with Crippen molar-refractivity contribution in [3.05, 3.63) is 53.1 Å². The molecule has 0 aliphatic heterocycles. The predicted molar refractivity (Wildman–Crippen MR) is 126 cm³/mol. The Kier molecular flexibility index (Phi) is 9.44. The molecule has 0 saturated heterocycles. The first kappa shape index (κ1) is 26.9. The van der Waals surface area contributed by atoms with Crippen molar-refractivity contribution in [2.24, 2.45) is 0 Å². The standard InChI is InChI=1S/C23H28ClF3N4O4/c24-15-1-3-16(4-2-15)28-11-12-29-22(32)14-35-19-8-5-17(6-9-19)30-18-7-10-21(31(33)34)20(13-18)23(25,26)27/h1-4,7,10,13,17,19,28,30,33-34H,5-6,8-9,11-12,14H2,(H,29,32). The molecule has 0 radical (unpaired) electrons. The van der Waals surface area contributed by atoms with Crippen LogP contribution in [0.1, 0.15) is 31.2 Å². The molecule has 12 heteroatoms. The third-order valence-corrected chi connectivity index (χ3v) is 5.89. The lowest BCUT2D eigenvalue weighted by atomic mass is 9.92. The maximum Gasteiger partial charge on any atom is 0.418 e. The van der Waals surface area contributed by atoms with Crippen molar-refractivity contribution in [3.63, 3.8) is 0 Å². The molecular formula is C23H28ClF3N4O4. The average molecular weight is 517 g/mol. The number of alkyl halides is 3. The molecule has 0 aromatic heterocycles. The summed E-state index contributed by atoms with van der Waals surface area (Å²) in [4.78, 5) is 12.0. The zero-order chi connectivity index (χ0) is 25.4. The van der Waals surface area contributed by atoms with Crippen LogP contribution in [-0.4, -0.2) is 48.2 Å². The SMILES string of the molecule is O=C(COC1CCC(Nc2ccc(N(O)O)c(C(F)(F)F)c2)CC1)NCCNc1ccc(Cl)cc1. The fourth-order valence-electron chi connectivity index (χ4n) is 3.86. The molecule has 3 rings (SSSR count). The fourth-order valence-corrected chi connectivity index (χ4v) is 3.98. The molecule has 0 bridgehead atoms. The average Bonchev–Trinajstić information content (AvgIpc) is 2.82. The van der Waals surface area contributed by atoms with Gasteiger partial charge in [-0.15, -0.1) is 5.23 Å². The number of benzene rings is 2. The molecule has 1 fully saturated rings. The zero-order valence-corrected chi connectivity index (χ0v) is 19.6. The molecule has 1 saturated carbocycles. The van der Waals surface area contributed by atoms with E-state index >= 15 is 0 Å². The van der Waals surface area contributed by atoms with E-state index in [1.807, 2.05) is 12.1 Å². The highest BCUT2D eigenvalue weighted by molar-refractivity contribution is 6.30. The number of carbonyl (C=O) groups is 1. The van der Waals surface area contributed by atoms with Crippen LogP contribution >= 0.6 is 11.6 Å². The van der Waals surface area contributed by atoms with E-state index in [-0.39, 0.29) is 30.3 Å². The van der Waals surface area contributed by atoms with Crippen LogP contribution in [-0.2, 0) is 15.7 Å². The number of nitrogens with zero attached hydrogens (tertiary/aromatic N) is 1. The monoisotopic (exact) mass is 516 g/mol. The van der Waals surface area contributed by atoms with Gasteiger partial charge in [-0.25, -0.2) is 0 Å². The zero-order valence-electron chi connectivity index (χ0n) is 18.8. The Labute approximate surface area is 205 Å². The molecule has 0 spiro atoms. The topological polar surface area (TPSA) is 106 Å². The lowest BCUT2D eigenvalue weighted by Gasteiger charge is -2.30. The van der Waals surface area contributed by atoms with Gasteiger partial charge in [0.1, 0.15) is 12.3 Å². The summed E-state index contributed by atoms with van der Waals surface area (Å²) in [6.07, 6.45) is -2.20. The molecule has 35 heavy (non-hydrogen) atoms. The second-order valence-electron chi connectivity index (χ2n) is 8.23. The Morgan fingerprint density at radius 1 is 1.03 bits per heavy atom. The maximum atomic E-state index is 13.2. The van der Waals surface area contributed by atoms with Crippen LogP contribution in [0.4, 0.5) is 30.2 Å². The second-order valence-corrected chi connectivity index (χ2v) is 8.67. The maximum absolute atomic E-state index is 13.2. The van der Waals surface area contributed by atoms with Gasteiger partial charge in [-0.1, -0.05) is 11.6 Å². The first-order valence-electron chi connectivity index (χ1n) is 11.1. The minimum absolute atomic E-state index is 0.0566. The van der Waals surface area contributed by atoms with Gasteiger partial charge in [0.05, 0.1) is 11.7 Å². The van der Waals surface area contributed by atoms with Crippen LogP contribution in [0.5, 0.6) is 0 Å². The van der Waals surface area contributed by atoms with E-state index in [4.69, 9.17) is 26.8 Å².